The van der Waals surface area contributed by atoms with E-state index in [2.05, 4.69) is 82.3 Å². The summed E-state index contributed by atoms with van der Waals surface area (Å²) in [5.41, 5.74) is 2.36. The van der Waals surface area contributed by atoms with Crippen LogP contribution in [0, 0.1) is 5.92 Å². The third kappa shape index (κ3) is 6.11. The lowest BCUT2D eigenvalue weighted by Gasteiger charge is -2.35. The van der Waals surface area contributed by atoms with E-state index in [9.17, 15) is 0 Å². The lowest BCUT2D eigenvalue weighted by Crippen LogP contribution is -2.41. The normalized spacial score (nSPS) is 17.5. The van der Waals surface area contributed by atoms with Crippen LogP contribution in [0.3, 0.4) is 0 Å². The fourth-order valence-electron chi connectivity index (χ4n) is 4.45. The smallest absolute Gasteiger partial charge is 0.209 e. The Morgan fingerprint density at radius 3 is 2.23 bits per heavy atom. The Labute approximate surface area is 184 Å². The van der Waals surface area contributed by atoms with Crippen LogP contribution in [0.25, 0.3) is 0 Å². The molecule has 1 fully saturated rings. The molecule has 0 saturated heterocycles. The minimum Gasteiger partial charge on any atom is -0.464 e. The van der Waals surface area contributed by atoms with Gasteiger partial charge in [0.1, 0.15) is 5.75 Å². The maximum Gasteiger partial charge on any atom is 0.209 e. The largest absolute Gasteiger partial charge is 0.464 e. The summed E-state index contributed by atoms with van der Waals surface area (Å²) in [6.07, 6.45) is 8.83. The Hall–Kier alpha value is -1.80. The van der Waals surface area contributed by atoms with Gasteiger partial charge < -0.3 is 9.47 Å². The fraction of sp³-hybridized carbons (Fsp3) is 0.571. The van der Waals surface area contributed by atoms with E-state index in [1.807, 2.05) is 0 Å². The number of hydrogen-bond donors (Lipinski definition) is 0. The van der Waals surface area contributed by atoms with E-state index in [1.165, 1.54) is 43.2 Å². The molecule has 0 bridgehead atoms. The van der Waals surface area contributed by atoms with Crippen LogP contribution in [0.1, 0.15) is 89.7 Å². The molecule has 0 aromatic heterocycles. The van der Waals surface area contributed by atoms with Crippen molar-refractivity contribution in [1.82, 2.24) is 0 Å². The van der Waals surface area contributed by atoms with Crippen molar-refractivity contribution in [3.05, 3.63) is 65.7 Å². The molecule has 0 aliphatic heterocycles. The summed E-state index contributed by atoms with van der Waals surface area (Å²) < 4.78 is 12.9. The highest BCUT2D eigenvalue weighted by atomic mass is 16.7. The molecule has 2 atom stereocenters. The third-order valence-electron chi connectivity index (χ3n) is 6.93. The molecule has 2 unspecified atom stereocenters. The van der Waals surface area contributed by atoms with Crippen molar-refractivity contribution in [3.8, 4) is 5.75 Å². The number of rotatable bonds is 10. The Bertz CT molecular complexity index is 729. The summed E-state index contributed by atoms with van der Waals surface area (Å²) >= 11 is 0. The molecule has 2 aromatic carbocycles. The second-order valence-electron chi connectivity index (χ2n) is 9.58. The van der Waals surface area contributed by atoms with Gasteiger partial charge in [0.15, 0.2) is 0 Å². The van der Waals surface area contributed by atoms with Gasteiger partial charge in [0, 0.05) is 0 Å². The second kappa shape index (κ2) is 11.0. The van der Waals surface area contributed by atoms with Crippen molar-refractivity contribution in [2.45, 2.75) is 90.3 Å². The summed E-state index contributed by atoms with van der Waals surface area (Å²) in [7, 11) is 0. The van der Waals surface area contributed by atoms with Crippen LogP contribution in [0.2, 0.25) is 0 Å². The molecule has 2 nitrogen and oxygen atoms in total. The SMILES string of the molecule is CCC(C)c1ccc(OC(OCCC2CCCCC2)C(C)(C)c2ccccc2)cc1. The zero-order chi connectivity index (χ0) is 21.4. The van der Waals surface area contributed by atoms with Gasteiger partial charge in [0.2, 0.25) is 6.29 Å². The van der Waals surface area contributed by atoms with Gasteiger partial charge in [-0.25, -0.2) is 0 Å². The van der Waals surface area contributed by atoms with Crippen molar-refractivity contribution < 1.29 is 9.47 Å². The maximum atomic E-state index is 6.47. The highest BCUT2D eigenvalue weighted by Crippen LogP contribution is 2.33. The van der Waals surface area contributed by atoms with Crippen LogP contribution in [-0.4, -0.2) is 12.9 Å². The molecule has 0 N–H and O–H groups in total. The van der Waals surface area contributed by atoms with E-state index >= 15 is 0 Å². The molecule has 0 heterocycles. The van der Waals surface area contributed by atoms with Gasteiger partial charge >= 0.3 is 0 Å². The highest BCUT2D eigenvalue weighted by molar-refractivity contribution is 5.30. The first-order valence-electron chi connectivity index (χ1n) is 11.9. The molecule has 1 aliphatic rings. The van der Waals surface area contributed by atoms with Crippen molar-refractivity contribution in [2.24, 2.45) is 5.92 Å². The summed E-state index contributed by atoms with van der Waals surface area (Å²) in [6.45, 7) is 9.71. The summed E-state index contributed by atoms with van der Waals surface area (Å²) in [4.78, 5) is 0. The average molecular weight is 409 g/mol. The lowest BCUT2D eigenvalue weighted by atomic mass is 9.83. The minimum atomic E-state index is -0.321. The Morgan fingerprint density at radius 1 is 0.933 bits per heavy atom. The summed E-state index contributed by atoms with van der Waals surface area (Å²) in [6, 6.07) is 19.2. The van der Waals surface area contributed by atoms with Crippen LogP contribution in [-0.2, 0) is 10.2 Å². The van der Waals surface area contributed by atoms with E-state index in [-0.39, 0.29) is 11.7 Å². The minimum absolute atomic E-state index is 0.247. The van der Waals surface area contributed by atoms with E-state index in [0.717, 1.165) is 31.1 Å². The maximum absolute atomic E-state index is 6.47. The third-order valence-corrected chi connectivity index (χ3v) is 6.93. The topological polar surface area (TPSA) is 18.5 Å². The first-order valence-corrected chi connectivity index (χ1v) is 11.9. The van der Waals surface area contributed by atoms with Crippen molar-refractivity contribution in [2.75, 3.05) is 6.61 Å². The van der Waals surface area contributed by atoms with E-state index in [1.54, 1.807) is 0 Å². The van der Waals surface area contributed by atoms with Gasteiger partial charge in [-0.05, 0) is 61.8 Å². The Kier molecular flexibility index (Phi) is 8.39. The molecule has 1 aliphatic carbocycles. The number of hydrogen-bond acceptors (Lipinski definition) is 2. The molecule has 164 valence electrons. The van der Waals surface area contributed by atoms with Crippen LogP contribution >= 0.6 is 0 Å². The molecule has 2 heteroatoms. The van der Waals surface area contributed by atoms with Crippen molar-refractivity contribution in [1.29, 1.82) is 0 Å². The molecular formula is C28H40O2. The van der Waals surface area contributed by atoms with Gasteiger partial charge in [-0.2, -0.15) is 0 Å². The van der Waals surface area contributed by atoms with Gasteiger partial charge in [0.25, 0.3) is 0 Å². The van der Waals surface area contributed by atoms with Gasteiger partial charge in [-0.3, -0.25) is 0 Å². The lowest BCUT2D eigenvalue weighted by molar-refractivity contribution is -0.123. The van der Waals surface area contributed by atoms with Gasteiger partial charge in [-0.15, -0.1) is 0 Å². The van der Waals surface area contributed by atoms with Crippen LogP contribution < -0.4 is 4.74 Å². The predicted molar refractivity (Wildman–Crippen MR) is 126 cm³/mol. The first-order chi connectivity index (χ1) is 14.5. The molecule has 2 aromatic rings. The molecule has 3 rings (SSSR count). The summed E-state index contributed by atoms with van der Waals surface area (Å²) in [5, 5.41) is 0. The first kappa shape index (κ1) is 22.9. The van der Waals surface area contributed by atoms with Gasteiger partial charge in [0.05, 0.1) is 12.0 Å². The van der Waals surface area contributed by atoms with Crippen LogP contribution in [0.15, 0.2) is 54.6 Å². The van der Waals surface area contributed by atoms with E-state index < -0.39 is 0 Å². The highest BCUT2D eigenvalue weighted by Gasteiger charge is 2.34. The van der Waals surface area contributed by atoms with Crippen LogP contribution in [0.5, 0.6) is 5.75 Å². The van der Waals surface area contributed by atoms with Crippen LogP contribution in [0.4, 0.5) is 0 Å². The number of ether oxygens (including phenoxy) is 2. The van der Waals surface area contributed by atoms with Gasteiger partial charge in [-0.1, -0.05) is 88.4 Å². The molecular weight excluding hydrogens is 368 g/mol. The molecule has 30 heavy (non-hydrogen) atoms. The summed E-state index contributed by atoms with van der Waals surface area (Å²) in [5.74, 6) is 2.27. The predicted octanol–water partition coefficient (Wildman–Crippen LogP) is 7.87. The van der Waals surface area contributed by atoms with Crippen molar-refractivity contribution >= 4 is 0 Å². The Morgan fingerprint density at radius 2 is 1.60 bits per heavy atom. The molecule has 0 radical (unpaired) electrons. The second-order valence-corrected chi connectivity index (χ2v) is 9.58. The molecule has 0 spiro atoms. The van der Waals surface area contributed by atoms with Crippen molar-refractivity contribution in [3.63, 3.8) is 0 Å². The van der Waals surface area contributed by atoms with E-state index in [0.29, 0.717) is 5.92 Å². The quantitative estimate of drug-likeness (QED) is 0.372. The standard InChI is InChI=1S/C28H40O2/c1-5-22(2)24-16-18-26(19-17-24)30-27(28(3,4)25-14-10-7-11-15-25)29-21-20-23-12-8-6-9-13-23/h7,10-11,14-19,22-23,27H,5-6,8-9,12-13,20-21H2,1-4H3. The molecule has 0 amide bonds. The fourth-order valence-corrected chi connectivity index (χ4v) is 4.45. The monoisotopic (exact) mass is 408 g/mol. The molecule has 1 saturated carbocycles. The zero-order valence-electron chi connectivity index (χ0n) is 19.4. The number of benzene rings is 2. The zero-order valence-corrected chi connectivity index (χ0v) is 19.4. The average Bonchev–Trinajstić information content (AvgIpc) is 2.79. The van der Waals surface area contributed by atoms with E-state index in [4.69, 9.17) is 9.47 Å². The Balaban J connectivity index is 1.71.